The first-order chi connectivity index (χ1) is 9.19. The minimum absolute atomic E-state index is 0.116. The van der Waals surface area contributed by atoms with Gasteiger partial charge in [0.05, 0.1) is 0 Å². The van der Waals surface area contributed by atoms with Gasteiger partial charge in [-0.05, 0) is 18.1 Å². The number of carbonyl (C=O) groups is 1. The quantitative estimate of drug-likeness (QED) is 0.820. The number of benzene rings is 1. The van der Waals surface area contributed by atoms with Crippen LogP contribution in [-0.2, 0) is 11.2 Å². The molecule has 0 bridgehead atoms. The number of hydrogen-bond donors (Lipinski definition) is 1. The molecule has 112 valence electrons. The molecule has 0 fully saturated rings. The van der Waals surface area contributed by atoms with Crippen molar-refractivity contribution in [3.05, 3.63) is 23.8 Å². The number of hydrogen-bond acceptors (Lipinski definition) is 3. The topological polar surface area (TPSA) is 55.8 Å². The molecule has 0 aromatic heterocycles. The lowest BCUT2D eigenvalue weighted by Gasteiger charge is -2.16. The van der Waals surface area contributed by atoms with Crippen molar-refractivity contribution in [2.45, 2.75) is 25.8 Å². The molecule has 0 spiro atoms. The zero-order chi connectivity index (χ0) is 15.3. The fraction of sp³-hybridized carbons (Fsp3) is 0.364. The van der Waals surface area contributed by atoms with Crippen LogP contribution in [-0.4, -0.2) is 24.0 Å². The Morgan fingerprint density at radius 1 is 1.30 bits per heavy atom. The molecule has 0 atom stereocenters. The lowest BCUT2D eigenvalue weighted by molar-refractivity contribution is -0.275. The van der Waals surface area contributed by atoms with Gasteiger partial charge in [-0.15, -0.1) is 13.2 Å². The van der Waals surface area contributed by atoms with Gasteiger partial charge in [0.1, 0.15) is 0 Å². The predicted octanol–water partition coefficient (Wildman–Crippen LogP) is 3.20. The Morgan fingerprint density at radius 2 is 1.95 bits per heavy atom. The third-order valence-electron chi connectivity index (χ3n) is 2.10. The van der Waals surface area contributed by atoms with Crippen LogP contribution in [0.4, 0.5) is 22.0 Å². The largest absolute Gasteiger partial charge is 0.573 e. The van der Waals surface area contributed by atoms with E-state index >= 15 is 0 Å². The van der Waals surface area contributed by atoms with Gasteiger partial charge in [-0.1, -0.05) is 12.1 Å². The Labute approximate surface area is 109 Å². The Hall–Kier alpha value is -2.06. The van der Waals surface area contributed by atoms with E-state index in [1.807, 2.05) is 0 Å². The summed E-state index contributed by atoms with van der Waals surface area (Å²) in [7, 11) is 0. The molecule has 0 aliphatic heterocycles. The molecule has 1 N–H and O–H groups in total. The van der Waals surface area contributed by atoms with Gasteiger partial charge in [-0.2, -0.15) is 8.78 Å². The fourth-order valence-corrected chi connectivity index (χ4v) is 1.43. The smallest absolute Gasteiger partial charge is 0.481 e. The van der Waals surface area contributed by atoms with Gasteiger partial charge in [-0.25, -0.2) is 0 Å². The monoisotopic (exact) mass is 300 g/mol. The van der Waals surface area contributed by atoms with Crippen LogP contribution in [0.15, 0.2) is 18.2 Å². The predicted molar refractivity (Wildman–Crippen MR) is 55.7 cm³/mol. The number of ether oxygens (including phenoxy) is 2. The van der Waals surface area contributed by atoms with Gasteiger partial charge >= 0.3 is 18.9 Å². The molecule has 0 aliphatic rings. The molecule has 0 aliphatic carbocycles. The van der Waals surface area contributed by atoms with Crippen molar-refractivity contribution in [3.8, 4) is 11.5 Å². The van der Waals surface area contributed by atoms with Crippen molar-refractivity contribution in [2.75, 3.05) is 0 Å². The molecule has 20 heavy (non-hydrogen) atoms. The van der Waals surface area contributed by atoms with Gasteiger partial charge in [0.15, 0.2) is 11.5 Å². The minimum atomic E-state index is -5.08. The highest BCUT2D eigenvalue weighted by molar-refractivity contribution is 5.67. The molecule has 0 heterocycles. The lowest BCUT2D eigenvalue weighted by Crippen LogP contribution is -2.18. The summed E-state index contributed by atoms with van der Waals surface area (Å²) in [5.41, 5.74) is -0.116. The number of halogens is 5. The molecule has 0 saturated heterocycles. The van der Waals surface area contributed by atoms with E-state index in [2.05, 4.69) is 9.47 Å². The molecule has 1 aromatic rings. The SMILES string of the molecule is O=C(O)CCc1cccc(OC(F)(F)F)c1OC(F)F. The summed E-state index contributed by atoms with van der Waals surface area (Å²) in [5.74, 6) is -2.99. The molecule has 1 rings (SSSR count). The first kappa shape index (κ1) is 16.0. The van der Waals surface area contributed by atoms with E-state index in [1.165, 1.54) is 6.07 Å². The maximum Gasteiger partial charge on any atom is 0.573 e. The third kappa shape index (κ3) is 5.29. The van der Waals surface area contributed by atoms with Crippen LogP contribution in [0.1, 0.15) is 12.0 Å². The van der Waals surface area contributed by atoms with Gasteiger partial charge in [0, 0.05) is 6.42 Å². The Kier molecular flexibility index (Phi) is 5.12. The molecule has 4 nitrogen and oxygen atoms in total. The summed E-state index contributed by atoms with van der Waals surface area (Å²) in [6, 6.07) is 3.11. The van der Waals surface area contributed by atoms with Crippen LogP contribution in [0.25, 0.3) is 0 Å². The zero-order valence-electron chi connectivity index (χ0n) is 9.79. The van der Waals surface area contributed by atoms with Crippen molar-refractivity contribution >= 4 is 5.97 Å². The summed E-state index contributed by atoms with van der Waals surface area (Å²) in [6.07, 6.45) is -5.80. The van der Waals surface area contributed by atoms with Crippen LogP contribution in [0.3, 0.4) is 0 Å². The summed E-state index contributed by atoms with van der Waals surface area (Å²) >= 11 is 0. The standard InChI is InChI=1S/C11H9F5O4/c12-10(13)19-9-6(4-5-8(17)18)2-1-3-7(9)20-11(14,15)16/h1-3,10H,4-5H2,(H,17,18). The maximum absolute atomic E-state index is 12.2. The van der Waals surface area contributed by atoms with Crippen LogP contribution in [0.5, 0.6) is 11.5 Å². The highest BCUT2D eigenvalue weighted by Gasteiger charge is 2.33. The Balaban J connectivity index is 3.09. The molecule has 1 aromatic carbocycles. The number of carboxylic acid groups (broad SMARTS) is 1. The second kappa shape index (κ2) is 6.40. The van der Waals surface area contributed by atoms with Crippen molar-refractivity contribution in [3.63, 3.8) is 0 Å². The van der Waals surface area contributed by atoms with Crippen LogP contribution in [0, 0.1) is 0 Å². The van der Waals surface area contributed by atoms with E-state index in [1.54, 1.807) is 0 Å². The average molecular weight is 300 g/mol. The van der Waals surface area contributed by atoms with Gasteiger partial charge in [0.2, 0.25) is 0 Å². The van der Waals surface area contributed by atoms with Gasteiger partial charge in [-0.3, -0.25) is 4.79 Å². The van der Waals surface area contributed by atoms with E-state index in [0.29, 0.717) is 0 Å². The molecular weight excluding hydrogens is 291 g/mol. The van der Waals surface area contributed by atoms with Crippen molar-refractivity contribution in [2.24, 2.45) is 0 Å². The third-order valence-corrected chi connectivity index (χ3v) is 2.10. The molecule has 0 saturated carbocycles. The van der Waals surface area contributed by atoms with Crippen molar-refractivity contribution in [1.82, 2.24) is 0 Å². The normalized spacial score (nSPS) is 11.5. The highest BCUT2D eigenvalue weighted by atomic mass is 19.4. The van der Waals surface area contributed by atoms with Crippen molar-refractivity contribution in [1.29, 1.82) is 0 Å². The van der Waals surface area contributed by atoms with Crippen LogP contribution in [0.2, 0.25) is 0 Å². The first-order valence-electron chi connectivity index (χ1n) is 5.23. The maximum atomic E-state index is 12.2. The molecule has 9 heteroatoms. The molecule has 0 unspecified atom stereocenters. The van der Waals surface area contributed by atoms with Crippen molar-refractivity contribution < 1.29 is 41.3 Å². The van der Waals surface area contributed by atoms with E-state index in [0.717, 1.165) is 12.1 Å². The number of aliphatic carboxylic acids is 1. The Bertz CT molecular complexity index is 472. The number of alkyl halides is 5. The molecule has 0 radical (unpaired) electrons. The second-order valence-electron chi connectivity index (χ2n) is 3.56. The summed E-state index contributed by atoms with van der Waals surface area (Å²) in [6.45, 7) is -3.36. The second-order valence-corrected chi connectivity index (χ2v) is 3.56. The summed E-state index contributed by atoms with van der Waals surface area (Å²) in [4.78, 5) is 10.4. The highest BCUT2D eigenvalue weighted by Crippen LogP contribution is 2.36. The van der Waals surface area contributed by atoms with E-state index in [9.17, 15) is 26.7 Å². The summed E-state index contributed by atoms with van der Waals surface area (Å²) < 4.78 is 68.5. The molecule has 0 amide bonds. The van der Waals surface area contributed by atoms with Crippen LogP contribution < -0.4 is 9.47 Å². The van der Waals surface area contributed by atoms with E-state index < -0.39 is 36.9 Å². The average Bonchev–Trinajstić information content (AvgIpc) is 2.27. The Morgan fingerprint density at radius 3 is 2.45 bits per heavy atom. The zero-order valence-corrected chi connectivity index (χ0v) is 9.79. The fourth-order valence-electron chi connectivity index (χ4n) is 1.43. The van der Waals surface area contributed by atoms with Gasteiger partial charge < -0.3 is 14.6 Å². The first-order valence-corrected chi connectivity index (χ1v) is 5.23. The van der Waals surface area contributed by atoms with Gasteiger partial charge in [0.25, 0.3) is 0 Å². The number of aryl methyl sites for hydroxylation is 1. The van der Waals surface area contributed by atoms with E-state index in [-0.39, 0.29) is 12.0 Å². The minimum Gasteiger partial charge on any atom is -0.481 e. The number of carboxylic acids is 1. The van der Waals surface area contributed by atoms with Crippen LogP contribution >= 0.6 is 0 Å². The number of para-hydroxylation sites is 1. The number of rotatable bonds is 6. The lowest BCUT2D eigenvalue weighted by atomic mass is 10.1. The summed E-state index contributed by atoms with van der Waals surface area (Å²) in [5, 5.41) is 8.50. The van der Waals surface area contributed by atoms with E-state index in [4.69, 9.17) is 5.11 Å². The molecular formula is C11H9F5O4.